The van der Waals surface area contributed by atoms with E-state index in [-0.39, 0.29) is 5.91 Å². The zero-order valence-electron chi connectivity index (χ0n) is 14.6. The minimum Gasteiger partial charge on any atom is -0.385 e. The number of hydrogen-bond acceptors (Lipinski definition) is 4. The Kier molecular flexibility index (Phi) is 6.75. The van der Waals surface area contributed by atoms with Gasteiger partial charge in [0.05, 0.1) is 11.9 Å². The van der Waals surface area contributed by atoms with E-state index in [1.165, 1.54) is 0 Å². The number of methoxy groups -OCH3 is 1. The van der Waals surface area contributed by atoms with Crippen LogP contribution >= 0.6 is 0 Å². The van der Waals surface area contributed by atoms with Crippen molar-refractivity contribution in [2.45, 2.75) is 20.3 Å². The number of ether oxygens (including phenoxy) is 1. The van der Waals surface area contributed by atoms with E-state index < -0.39 is 0 Å². The molecule has 0 atom stereocenters. The fraction of sp³-hybridized carbons (Fsp3) is 0.368. The van der Waals surface area contributed by atoms with Gasteiger partial charge in [0.1, 0.15) is 5.69 Å². The molecule has 0 bridgehead atoms. The van der Waals surface area contributed by atoms with Gasteiger partial charge in [-0.2, -0.15) is 0 Å². The summed E-state index contributed by atoms with van der Waals surface area (Å²) < 4.78 is 5.01. The van der Waals surface area contributed by atoms with Crippen molar-refractivity contribution in [3.63, 3.8) is 0 Å². The molecule has 24 heavy (non-hydrogen) atoms. The summed E-state index contributed by atoms with van der Waals surface area (Å²) >= 11 is 0. The molecule has 0 aliphatic rings. The van der Waals surface area contributed by atoms with Gasteiger partial charge in [-0.25, -0.2) is 4.98 Å². The molecule has 1 aromatic heterocycles. The number of hydrogen-bond donors (Lipinski definition) is 1. The van der Waals surface area contributed by atoms with Crippen LogP contribution in [0.5, 0.6) is 0 Å². The van der Waals surface area contributed by atoms with Crippen LogP contribution in [0.25, 0.3) is 0 Å². The highest BCUT2D eigenvalue weighted by Gasteiger charge is 2.17. The van der Waals surface area contributed by atoms with Crippen molar-refractivity contribution in [2.75, 3.05) is 37.0 Å². The second-order valence-corrected chi connectivity index (χ2v) is 5.59. The van der Waals surface area contributed by atoms with Gasteiger partial charge in [0.15, 0.2) is 0 Å². The highest BCUT2D eigenvalue weighted by molar-refractivity contribution is 6.04. The van der Waals surface area contributed by atoms with E-state index in [0.717, 1.165) is 36.5 Å². The molecule has 0 unspecified atom stereocenters. The molecule has 128 valence electrons. The molecular weight excluding hydrogens is 302 g/mol. The Balaban J connectivity index is 2.05. The molecule has 0 saturated heterocycles. The van der Waals surface area contributed by atoms with E-state index >= 15 is 0 Å². The summed E-state index contributed by atoms with van der Waals surface area (Å²) in [4.78, 5) is 18.8. The van der Waals surface area contributed by atoms with E-state index in [1.54, 1.807) is 24.3 Å². The van der Waals surface area contributed by atoms with Gasteiger partial charge >= 0.3 is 0 Å². The molecule has 5 heteroatoms. The van der Waals surface area contributed by atoms with Crippen LogP contribution in [0.3, 0.4) is 0 Å². The van der Waals surface area contributed by atoms with E-state index in [4.69, 9.17) is 4.74 Å². The van der Waals surface area contributed by atoms with Crippen molar-refractivity contribution < 1.29 is 9.53 Å². The minimum atomic E-state index is -0.0889. The summed E-state index contributed by atoms with van der Waals surface area (Å²) in [6.45, 7) is 6.11. The van der Waals surface area contributed by atoms with Gasteiger partial charge in [-0.05, 0) is 50.1 Å². The number of rotatable bonds is 8. The summed E-state index contributed by atoms with van der Waals surface area (Å²) in [7, 11) is 1.69. The van der Waals surface area contributed by atoms with Crippen molar-refractivity contribution in [1.82, 2.24) is 4.98 Å². The number of aryl methyl sites for hydroxylation is 1. The topological polar surface area (TPSA) is 54.5 Å². The first-order valence-electron chi connectivity index (χ1n) is 8.23. The van der Waals surface area contributed by atoms with Gasteiger partial charge in [-0.3, -0.25) is 4.79 Å². The highest BCUT2D eigenvalue weighted by Crippen LogP contribution is 2.18. The third kappa shape index (κ3) is 4.80. The first kappa shape index (κ1) is 17.9. The summed E-state index contributed by atoms with van der Waals surface area (Å²) in [6, 6.07) is 11.6. The summed E-state index contributed by atoms with van der Waals surface area (Å²) in [5, 5.41) is 3.26. The molecule has 0 aliphatic carbocycles. The largest absolute Gasteiger partial charge is 0.385 e. The molecule has 0 aliphatic heterocycles. The Morgan fingerprint density at radius 2 is 2.12 bits per heavy atom. The number of nitrogens with zero attached hydrogens (tertiary/aromatic N) is 2. The molecular formula is C19H25N3O2. The highest BCUT2D eigenvalue weighted by atomic mass is 16.5. The Morgan fingerprint density at radius 1 is 1.29 bits per heavy atom. The molecule has 0 fully saturated rings. The maximum absolute atomic E-state index is 12.7. The van der Waals surface area contributed by atoms with E-state index in [1.807, 2.05) is 44.2 Å². The fourth-order valence-corrected chi connectivity index (χ4v) is 2.45. The molecule has 2 aromatic rings. The van der Waals surface area contributed by atoms with E-state index in [2.05, 4.69) is 10.3 Å². The number of aromatic nitrogens is 1. The zero-order chi connectivity index (χ0) is 17.4. The molecule has 2 rings (SSSR count). The predicted octanol–water partition coefficient (Wildman–Crippen LogP) is 3.51. The lowest BCUT2D eigenvalue weighted by Gasteiger charge is -2.21. The van der Waals surface area contributed by atoms with Crippen LogP contribution in [-0.4, -0.2) is 37.7 Å². The Labute approximate surface area is 143 Å². The molecule has 1 N–H and O–H groups in total. The number of benzene rings is 1. The third-order valence-corrected chi connectivity index (χ3v) is 3.71. The monoisotopic (exact) mass is 327 g/mol. The van der Waals surface area contributed by atoms with Gasteiger partial charge in [0, 0.05) is 32.5 Å². The smallest absolute Gasteiger partial charge is 0.276 e. The second-order valence-electron chi connectivity index (χ2n) is 5.59. The summed E-state index contributed by atoms with van der Waals surface area (Å²) in [6.07, 6.45) is 2.62. The first-order valence-corrected chi connectivity index (χ1v) is 8.23. The average molecular weight is 327 g/mol. The molecule has 0 saturated carbocycles. The lowest BCUT2D eigenvalue weighted by molar-refractivity contribution is 0.0983. The number of carbonyl (C=O) groups excluding carboxylic acids is 1. The molecule has 0 radical (unpaired) electrons. The van der Waals surface area contributed by atoms with Gasteiger partial charge in [0.25, 0.3) is 5.91 Å². The first-order chi connectivity index (χ1) is 11.7. The van der Waals surface area contributed by atoms with Gasteiger partial charge in [-0.1, -0.05) is 12.1 Å². The second kappa shape index (κ2) is 9.03. The fourth-order valence-electron chi connectivity index (χ4n) is 2.45. The Morgan fingerprint density at radius 3 is 2.75 bits per heavy atom. The van der Waals surface area contributed by atoms with Crippen LogP contribution in [-0.2, 0) is 4.74 Å². The third-order valence-electron chi connectivity index (χ3n) is 3.71. The van der Waals surface area contributed by atoms with E-state index in [9.17, 15) is 4.79 Å². The number of pyridine rings is 1. The quantitative estimate of drug-likeness (QED) is 0.754. The zero-order valence-corrected chi connectivity index (χ0v) is 14.6. The lowest BCUT2D eigenvalue weighted by atomic mass is 10.2. The van der Waals surface area contributed by atoms with Crippen molar-refractivity contribution in [1.29, 1.82) is 0 Å². The number of carbonyl (C=O) groups is 1. The Hall–Kier alpha value is -2.40. The average Bonchev–Trinajstić information content (AvgIpc) is 2.60. The number of amides is 1. The van der Waals surface area contributed by atoms with Crippen LogP contribution in [0.1, 0.15) is 29.4 Å². The maximum atomic E-state index is 12.7. The van der Waals surface area contributed by atoms with Crippen molar-refractivity contribution in [3.8, 4) is 0 Å². The molecule has 1 heterocycles. The molecule has 0 spiro atoms. The van der Waals surface area contributed by atoms with Crippen LogP contribution in [0.2, 0.25) is 0 Å². The molecule has 1 amide bonds. The number of nitrogens with one attached hydrogen (secondary N) is 1. The standard InChI is InChI=1S/C19H25N3O2/c1-4-22(17-8-5-7-15(2)13-17)19(23)18-10-9-16(14-21-18)20-11-6-12-24-3/h5,7-10,13-14,20H,4,6,11-12H2,1-3H3. The van der Waals surface area contributed by atoms with Crippen LogP contribution in [0, 0.1) is 6.92 Å². The lowest BCUT2D eigenvalue weighted by Crippen LogP contribution is -2.31. The van der Waals surface area contributed by atoms with Crippen molar-refractivity contribution >= 4 is 17.3 Å². The normalized spacial score (nSPS) is 10.5. The van der Waals surface area contributed by atoms with Crippen LogP contribution < -0.4 is 10.2 Å². The van der Waals surface area contributed by atoms with Gasteiger partial charge in [0.2, 0.25) is 0 Å². The summed E-state index contributed by atoms with van der Waals surface area (Å²) in [5.74, 6) is -0.0889. The van der Waals surface area contributed by atoms with Crippen LogP contribution in [0.15, 0.2) is 42.6 Å². The van der Waals surface area contributed by atoms with Crippen molar-refractivity contribution in [2.24, 2.45) is 0 Å². The van der Waals surface area contributed by atoms with Gasteiger partial charge in [-0.15, -0.1) is 0 Å². The van der Waals surface area contributed by atoms with E-state index in [0.29, 0.717) is 12.2 Å². The van der Waals surface area contributed by atoms with Crippen molar-refractivity contribution in [3.05, 3.63) is 53.9 Å². The molecule has 1 aromatic carbocycles. The Bertz CT molecular complexity index is 656. The van der Waals surface area contributed by atoms with Crippen LogP contribution in [0.4, 0.5) is 11.4 Å². The van der Waals surface area contributed by atoms with Gasteiger partial charge < -0.3 is 15.0 Å². The maximum Gasteiger partial charge on any atom is 0.276 e. The SMILES string of the molecule is CCN(C(=O)c1ccc(NCCCOC)cn1)c1cccc(C)c1. The summed E-state index contributed by atoms with van der Waals surface area (Å²) in [5.41, 5.74) is 3.37. The predicted molar refractivity (Wildman–Crippen MR) is 97.7 cm³/mol. The molecule has 5 nitrogen and oxygen atoms in total. The number of anilines is 2. The minimum absolute atomic E-state index is 0.0889.